The molecular formula is C24H26ClN3O. The number of nitrogens with one attached hydrogen (secondary N) is 1. The van der Waals surface area contributed by atoms with E-state index in [1.165, 1.54) is 5.56 Å². The number of H-pyrrole nitrogens is 1. The topological polar surface area (TPSA) is 49.0 Å². The van der Waals surface area contributed by atoms with Gasteiger partial charge < -0.3 is 4.90 Å². The van der Waals surface area contributed by atoms with Crippen molar-refractivity contribution in [3.05, 3.63) is 75.9 Å². The molecule has 4 rings (SSSR count). The molecular weight excluding hydrogens is 382 g/mol. The van der Waals surface area contributed by atoms with Crippen molar-refractivity contribution < 1.29 is 4.79 Å². The number of aromatic amines is 1. The first-order valence-electron chi connectivity index (χ1n) is 10.1. The Labute approximate surface area is 176 Å². The van der Waals surface area contributed by atoms with Crippen LogP contribution in [0.4, 0.5) is 0 Å². The lowest BCUT2D eigenvalue weighted by Gasteiger charge is -2.28. The first kappa shape index (κ1) is 19.7. The zero-order valence-corrected chi connectivity index (χ0v) is 18.0. The molecule has 0 radical (unpaired) electrons. The molecule has 0 aliphatic carbocycles. The number of amides is 1. The Hall–Kier alpha value is -2.59. The van der Waals surface area contributed by atoms with Crippen LogP contribution < -0.4 is 0 Å². The van der Waals surface area contributed by atoms with Crippen LogP contribution in [-0.4, -0.2) is 27.5 Å². The van der Waals surface area contributed by atoms with Crippen molar-refractivity contribution in [1.29, 1.82) is 0 Å². The monoisotopic (exact) mass is 407 g/mol. The van der Waals surface area contributed by atoms with Gasteiger partial charge in [-0.25, -0.2) is 0 Å². The van der Waals surface area contributed by atoms with E-state index in [0.29, 0.717) is 29.1 Å². The van der Waals surface area contributed by atoms with Gasteiger partial charge in [0.15, 0.2) is 0 Å². The Bertz CT molecular complexity index is 1020. The van der Waals surface area contributed by atoms with Crippen molar-refractivity contribution in [2.24, 2.45) is 5.92 Å². The van der Waals surface area contributed by atoms with Gasteiger partial charge in [-0.1, -0.05) is 75.7 Å². The van der Waals surface area contributed by atoms with E-state index in [2.05, 4.69) is 62.2 Å². The van der Waals surface area contributed by atoms with E-state index in [4.69, 9.17) is 11.6 Å². The first-order valence-corrected chi connectivity index (χ1v) is 10.5. The summed E-state index contributed by atoms with van der Waals surface area (Å²) in [5.41, 5.74) is 5.71. The van der Waals surface area contributed by atoms with Gasteiger partial charge in [0.2, 0.25) is 0 Å². The lowest BCUT2D eigenvalue weighted by atomic mass is 9.93. The van der Waals surface area contributed by atoms with E-state index in [1.807, 2.05) is 29.2 Å². The molecule has 3 aromatic rings. The minimum absolute atomic E-state index is 0.0133. The highest BCUT2D eigenvalue weighted by Gasteiger charge is 2.42. The smallest absolute Gasteiger partial charge is 0.273 e. The third-order valence-corrected chi connectivity index (χ3v) is 5.71. The highest BCUT2D eigenvalue weighted by molar-refractivity contribution is 6.30. The number of rotatable bonds is 5. The van der Waals surface area contributed by atoms with Crippen LogP contribution in [0.3, 0.4) is 0 Å². The number of hydrogen-bond acceptors (Lipinski definition) is 2. The van der Waals surface area contributed by atoms with Gasteiger partial charge in [-0.2, -0.15) is 5.10 Å². The third-order valence-electron chi connectivity index (χ3n) is 5.46. The van der Waals surface area contributed by atoms with Gasteiger partial charge in [-0.15, -0.1) is 0 Å². The Morgan fingerprint density at radius 1 is 1.03 bits per heavy atom. The van der Waals surface area contributed by atoms with E-state index < -0.39 is 0 Å². The molecule has 0 saturated heterocycles. The molecule has 5 heteroatoms. The SMILES string of the molecule is CC(C)CN1C(=O)c2[nH]nc(-c3ccc(Cl)cc3)c2C1c1ccc(C(C)C)cc1. The highest BCUT2D eigenvalue weighted by atomic mass is 35.5. The second-order valence-corrected chi connectivity index (χ2v) is 8.88. The van der Waals surface area contributed by atoms with Crippen LogP contribution in [0.25, 0.3) is 11.3 Å². The highest BCUT2D eigenvalue weighted by Crippen LogP contribution is 2.43. The molecule has 2 aromatic carbocycles. The van der Waals surface area contributed by atoms with Gasteiger partial charge >= 0.3 is 0 Å². The van der Waals surface area contributed by atoms with Crippen LogP contribution in [-0.2, 0) is 0 Å². The van der Waals surface area contributed by atoms with Crippen LogP contribution in [0.2, 0.25) is 5.02 Å². The average Bonchev–Trinajstić information content (AvgIpc) is 3.22. The predicted octanol–water partition coefficient (Wildman–Crippen LogP) is 6.05. The molecule has 1 aromatic heterocycles. The van der Waals surface area contributed by atoms with Crippen LogP contribution in [0.5, 0.6) is 0 Å². The summed E-state index contributed by atoms with van der Waals surface area (Å²) in [4.78, 5) is 15.2. The fourth-order valence-corrected chi connectivity index (χ4v) is 4.14. The number of hydrogen-bond donors (Lipinski definition) is 1. The zero-order valence-electron chi connectivity index (χ0n) is 17.2. The summed E-state index contributed by atoms with van der Waals surface area (Å²) in [7, 11) is 0. The van der Waals surface area contributed by atoms with Gasteiger partial charge in [-0.05, 0) is 35.1 Å². The maximum atomic E-state index is 13.2. The van der Waals surface area contributed by atoms with Crippen LogP contribution in [0.15, 0.2) is 48.5 Å². The van der Waals surface area contributed by atoms with Crippen LogP contribution >= 0.6 is 11.6 Å². The number of fused-ring (bicyclic) bond motifs is 1. The molecule has 29 heavy (non-hydrogen) atoms. The van der Waals surface area contributed by atoms with Crippen LogP contribution in [0.1, 0.15) is 66.8 Å². The first-order chi connectivity index (χ1) is 13.9. The fraction of sp³-hybridized carbons (Fsp3) is 0.333. The van der Waals surface area contributed by atoms with Gasteiger partial charge in [0.05, 0.1) is 11.7 Å². The molecule has 4 nitrogen and oxygen atoms in total. The van der Waals surface area contributed by atoms with E-state index in [-0.39, 0.29) is 11.9 Å². The molecule has 1 unspecified atom stereocenters. The summed E-state index contributed by atoms with van der Waals surface area (Å²) in [5.74, 6) is 0.849. The van der Waals surface area contributed by atoms with Crippen molar-refractivity contribution in [2.45, 2.75) is 39.7 Å². The zero-order chi connectivity index (χ0) is 20.7. The summed E-state index contributed by atoms with van der Waals surface area (Å²) in [5, 5.41) is 8.20. The Morgan fingerprint density at radius 3 is 2.28 bits per heavy atom. The molecule has 1 aliphatic rings. The van der Waals surface area contributed by atoms with E-state index in [9.17, 15) is 4.79 Å². The maximum Gasteiger partial charge on any atom is 0.273 e. The minimum atomic E-state index is -0.148. The Kier molecular flexibility index (Phi) is 5.22. The van der Waals surface area contributed by atoms with Crippen molar-refractivity contribution in [3.63, 3.8) is 0 Å². The fourth-order valence-electron chi connectivity index (χ4n) is 4.02. The third kappa shape index (κ3) is 3.58. The van der Waals surface area contributed by atoms with Gasteiger partial charge in [0, 0.05) is 22.7 Å². The average molecular weight is 408 g/mol. The second-order valence-electron chi connectivity index (χ2n) is 8.44. The molecule has 0 fully saturated rings. The summed E-state index contributed by atoms with van der Waals surface area (Å²) in [6, 6.07) is 16.1. The summed E-state index contributed by atoms with van der Waals surface area (Å²) in [6.45, 7) is 9.34. The van der Waals surface area contributed by atoms with Gasteiger partial charge in [0.1, 0.15) is 5.69 Å². The van der Waals surface area contributed by atoms with E-state index in [1.54, 1.807) is 0 Å². The molecule has 0 spiro atoms. The van der Waals surface area contributed by atoms with E-state index in [0.717, 1.165) is 22.4 Å². The summed E-state index contributed by atoms with van der Waals surface area (Å²) in [6.07, 6.45) is 0. The molecule has 1 atom stereocenters. The van der Waals surface area contributed by atoms with E-state index >= 15 is 0 Å². The Morgan fingerprint density at radius 2 is 1.69 bits per heavy atom. The molecule has 0 saturated carbocycles. The number of carbonyl (C=O) groups is 1. The number of carbonyl (C=O) groups excluding carboxylic acids is 1. The molecule has 1 N–H and O–H groups in total. The molecule has 150 valence electrons. The second kappa shape index (κ2) is 7.68. The molecule has 1 amide bonds. The maximum absolute atomic E-state index is 13.2. The largest absolute Gasteiger partial charge is 0.326 e. The van der Waals surface area contributed by atoms with Gasteiger partial charge in [0.25, 0.3) is 5.91 Å². The lowest BCUT2D eigenvalue weighted by Crippen LogP contribution is -2.32. The quantitative estimate of drug-likeness (QED) is 0.559. The standard InChI is InChI=1S/C24H26ClN3O/c1-14(2)13-28-23(18-7-5-16(6-8-18)15(3)4)20-21(26-27-22(20)24(28)29)17-9-11-19(25)12-10-17/h5-12,14-15,23H,13H2,1-4H3,(H,26,27). The molecule has 1 aliphatic heterocycles. The number of halogens is 1. The normalized spacial score (nSPS) is 16.2. The number of benzene rings is 2. The summed E-state index contributed by atoms with van der Waals surface area (Å²) >= 11 is 6.07. The van der Waals surface area contributed by atoms with Crippen molar-refractivity contribution >= 4 is 17.5 Å². The van der Waals surface area contributed by atoms with Gasteiger partial charge in [-0.3, -0.25) is 9.89 Å². The number of aromatic nitrogens is 2. The van der Waals surface area contributed by atoms with Crippen molar-refractivity contribution in [1.82, 2.24) is 15.1 Å². The minimum Gasteiger partial charge on any atom is -0.326 e. The lowest BCUT2D eigenvalue weighted by molar-refractivity contribution is 0.0722. The van der Waals surface area contributed by atoms with Crippen molar-refractivity contribution in [2.75, 3.05) is 6.54 Å². The predicted molar refractivity (Wildman–Crippen MR) is 117 cm³/mol. The Balaban J connectivity index is 1.84. The van der Waals surface area contributed by atoms with Crippen LogP contribution in [0, 0.1) is 5.92 Å². The number of nitrogens with zero attached hydrogens (tertiary/aromatic N) is 2. The molecule has 0 bridgehead atoms. The van der Waals surface area contributed by atoms with Crippen molar-refractivity contribution in [3.8, 4) is 11.3 Å². The summed E-state index contributed by atoms with van der Waals surface area (Å²) < 4.78 is 0. The molecule has 2 heterocycles.